The van der Waals surface area contributed by atoms with Gasteiger partial charge < -0.3 is 21.2 Å². The second-order valence-corrected chi connectivity index (χ2v) is 6.39. The highest BCUT2D eigenvalue weighted by Crippen LogP contribution is 2.53. The minimum atomic E-state index is -0.458. The first-order valence-electron chi connectivity index (χ1n) is 7.20. The predicted molar refractivity (Wildman–Crippen MR) is 90.5 cm³/mol. The van der Waals surface area contributed by atoms with Crippen LogP contribution in [0.3, 0.4) is 0 Å². The number of anilines is 2. The number of imidazole rings is 1. The van der Waals surface area contributed by atoms with E-state index in [1.54, 1.807) is 12.4 Å². The second kappa shape index (κ2) is 5.68. The molecule has 1 aliphatic heterocycles. The quantitative estimate of drug-likeness (QED) is 0.645. The van der Waals surface area contributed by atoms with Crippen LogP contribution in [0.5, 0.6) is 11.6 Å². The van der Waals surface area contributed by atoms with Gasteiger partial charge in [-0.2, -0.15) is 10.2 Å². The molecule has 9 heteroatoms. The number of H-pyrrole nitrogens is 1. The molecule has 0 aliphatic carbocycles. The lowest BCUT2D eigenvalue weighted by molar-refractivity contribution is 0.438. The minimum absolute atomic E-state index is 0.00828. The molecule has 0 saturated heterocycles. The molecule has 1 atom stereocenters. The van der Waals surface area contributed by atoms with E-state index in [4.69, 9.17) is 16.2 Å². The number of aromatic nitrogens is 3. The van der Waals surface area contributed by atoms with Crippen molar-refractivity contribution in [2.45, 2.75) is 10.4 Å². The molecule has 0 spiro atoms. The molecule has 5 N–H and O–H groups in total. The number of halogens is 1. The van der Waals surface area contributed by atoms with Crippen molar-refractivity contribution < 1.29 is 9.13 Å². The number of benzene rings is 1. The van der Waals surface area contributed by atoms with Gasteiger partial charge in [-0.1, -0.05) is 11.8 Å². The topological polar surface area (TPSA) is 127 Å². The number of ether oxygens (including phenoxy) is 1. The molecule has 25 heavy (non-hydrogen) atoms. The molecule has 3 heterocycles. The molecular weight excluding hydrogens is 343 g/mol. The Bertz CT molecular complexity index is 1010. The van der Waals surface area contributed by atoms with Crippen molar-refractivity contribution in [3.63, 3.8) is 0 Å². The Kier molecular flexibility index (Phi) is 3.47. The van der Waals surface area contributed by atoms with Crippen molar-refractivity contribution >= 4 is 23.3 Å². The molecule has 0 bridgehead atoms. The molecule has 2 aromatic heterocycles. The van der Waals surface area contributed by atoms with Crippen molar-refractivity contribution in [2.24, 2.45) is 0 Å². The van der Waals surface area contributed by atoms with E-state index < -0.39 is 11.1 Å². The maximum atomic E-state index is 13.8. The van der Waals surface area contributed by atoms with Gasteiger partial charge >= 0.3 is 0 Å². The number of thioether (sulfide) groups is 1. The first-order chi connectivity index (χ1) is 12.1. The summed E-state index contributed by atoms with van der Waals surface area (Å²) in [5, 5.41) is 9.46. The van der Waals surface area contributed by atoms with Crippen LogP contribution in [0, 0.1) is 17.1 Å². The summed E-state index contributed by atoms with van der Waals surface area (Å²) in [6.07, 6.45) is 3.29. The second-order valence-electron chi connectivity index (χ2n) is 5.29. The van der Waals surface area contributed by atoms with Crippen molar-refractivity contribution in [1.82, 2.24) is 15.0 Å². The number of pyridine rings is 1. The fourth-order valence-corrected chi connectivity index (χ4v) is 3.83. The highest BCUT2D eigenvalue weighted by molar-refractivity contribution is 7.99. The third-order valence-electron chi connectivity index (χ3n) is 3.81. The first kappa shape index (κ1) is 15.3. The van der Waals surface area contributed by atoms with E-state index in [1.165, 1.54) is 30.0 Å². The number of nitrogens with two attached hydrogens (primary N) is 2. The largest absolute Gasteiger partial charge is 0.438 e. The monoisotopic (exact) mass is 354 g/mol. The number of rotatable bonds is 2. The van der Waals surface area contributed by atoms with Crippen LogP contribution < -0.4 is 16.2 Å². The average molecular weight is 354 g/mol. The molecule has 0 radical (unpaired) electrons. The summed E-state index contributed by atoms with van der Waals surface area (Å²) in [5.41, 5.74) is 13.3. The van der Waals surface area contributed by atoms with Gasteiger partial charge in [0.1, 0.15) is 29.0 Å². The van der Waals surface area contributed by atoms with Crippen LogP contribution in [0.1, 0.15) is 21.9 Å². The standard InChI is InChI=1S/C16H11FN6OS/c17-7-1-2-10-8(5-7)13(25-16-21-3-4-22-16)11-12(19)9(6-18)14(20)23-15(11)24-10/h1-5,13H,(H,21,22)(H4,19,20,23). The zero-order chi connectivity index (χ0) is 17.6. The Hall–Kier alpha value is -3.25. The Balaban J connectivity index is 1.95. The van der Waals surface area contributed by atoms with Gasteiger partial charge in [0.25, 0.3) is 0 Å². The summed E-state index contributed by atoms with van der Waals surface area (Å²) in [6.45, 7) is 0. The van der Waals surface area contributed by atoms with Crippen LogP contribution in [0.25, 0.3) is 0 Å². The van der Waals surface area contributed by atoms with Gasteiger partial charge in [-0.3, -0.25) is 0 Å². The van der Waals surface area contributed by atoms with Crippen LogP contribution in [0.15, 0.2) is 35.7 Å². The molecule has 1 aromatic carbocycles. The molecule has 0 amide bonds. The van der Waals surface area contributed by atoms with Crippen LogP contribution >= 0.6 is 11.8 Å². The summed E-state index contributed by atoms with van der Waals surface area (Å²) < 4.78 is 19.6. The Labute approximate surface area is 145 Å². The van der Waals surface area contributed by atoms with Crippen molar-refractivity contribution in [3.05, 3.63) is 53.1 Å². The van der Waals surface area contributed by atoms with E-state index >= 15 is 0 Å². The van der Waals surface area contributed by atoms with Crippen molar-refractivity contribution in [1.29, 1.82) is 5.26 Å². The first-order valence-corrected chi connectivity index (χ1v) is 8.08. The summed E-state index contributed by atoms with van der Waals surface area (Å²) in [6, 6.07) is 6.15. The van der Waals surface area contributed by atoms with Gasteiger partial charge in [0.15, 0.2) is 5.16 Å². The van der Waals surface area contributed by atoms with E-state index in [0.717, 1.165) is 0 Å². The molecule has 1 unspecified atom stereocenters. The van der Waals surface area contributed by atoms with Crippen molar-refractivity contribution in [2.75, 3.05) is 11.5 Å². The van der Waals surface area contributed by atoms with Gasteiger partial charge in [-0.05, 0) is 18.2 Å². The third kappa shape index (κ3) is 2.43. The minimum Gasteiger partial charge on any atom is -0.438 e. The number of nitrogens with zero attached hydrogens (tertiary/aromatic N) is 3. The molecule has 0 fully saturated rings. The number of fused-ring (bicyclic) bond motifs is 2. The van der Waals surface area contributed by atoms with Gasteiger partial charge in [0.2, 0.25) is 5.88 Å². The SMILES string of the molecule is N#Cc1c(N)nc2c(c1N)C(Sc1ncc[nH]1)c1cc(F)ccc1O2. The number of hydrogen-bond acceptors (Lipinski definition) is 7. The molecule has 0 saturated carbocycles. The van der Waals surface area contributed by atoms with Crippen LogP contribution in [-0.2, 0) is 0 Å². The van der Waals surface area contributed by atoms with E-state index in [0.29, 0.717) is 22.0 Å². The number of aromatic amines is 1. The summed E-state index contributed by atoms with van der Waals surface area (Å²) in [5.74, 6) is 0.246. The highest BCUT2D eigenvalue weighted by Gasteiger charge is 2.34. The zero-order valence-electron chi connectivity index (χ0n) is 12.7. The van der Waals surface area contributed by atoms with E-state index in [1.807, 2.05) is 6.07 Å². The molecule has 3 aromatic rings. The number of nitriles is 1. The van der Waals surface area contributed by atoms with Gasteiger partial charge in [-0.15, -0.1) is 0 Å². The van der Waals surface area contributed by atoms with Crippen LogP contribution in [0.2, 0.25) is 0 Å². The van der Waals surface area contributed by atoms with E-state index in [9.17, 15) is 9.65 Å². The molecule has 124 valence electrons. The Morgan fingerprint density at radius 2 is 2.20 bits per heavy atom. The zero-order valence-corrected chi connectivity index (χ0v) is 13.5. The Morgan fingerprint density at radius 1 is 1.36 bits per heavy atom. The number of hydrogen-bond donors (Lipinski definition) is 3. The fourth-order valence-electron chi connectivity index (χ4n) is 2.69. The van der Waals surface area contributed by atoms with Crippen LogP contribution in [-0.4, -0.2) is 15.0 Å². The Morgan fingerprint density at radius 3 is 2.92 bits per heavy atom. The number of nitrogen functional groups attached to an aromatic ring is 2. The smallest absolute Gasteiger partial charge is 0.228 e. The molecule has 4 rings (SSSR count). The van der Waals surface area contributed by atoms with Crippen LogP contribution in [0.4, 0.5) is 15.9 Å². The summed E-state index contributed by atoms with van der Waals surface area (Å²) in [4.78, 5) is 11.3. The maximum Gasteiger partial charge on any atom is 0.228 e. The molecule has 7 nitrogen and oxygen atoms in total. The normalized spacial score (nSPS) is 15.0. The van der Waals surface area contributed by atoms with E-state index in [-0.39, 0.29) is 22.9 Å². The van der Waals surface area contributed by atoms with Gasteiger partial charge in [0.05, 0.1) is 16.5 Å². The highest BCUT2D eigenvalue weighted by atomic mass is 32.2. The van der Waals surface area contributed by atoms with Crippen molar-refractivity contribution in [3.8, 4) is 17.7 Å². The molecular formula is C16H11FN6OS. The lowest BCUT2D eigenvalue weighted by Crippen LogP contribution is -2.15. The molecule has 1 aliphatic rings. The van der Waals surface area contributed by atoms with Gasteiger partial charge in [-0.25, -0.2) is 9.37 Å². The van der Waals surface area contributed by atoms with Gasteiger partial charge in [0, 0.05) is 18.0 Å². The van der Waals surface area contributed by atoms with E-state index in [2.05, 4.69) is 15.0 Å². The number of nitrogens with one attached hydrogen (secondary N) is 1. The predicted octanol–water partition coefficient (Wildman–Crippen LogP) is 2.97. The fraction of sp³-hybridized carbons (Fsp3) is 0.0625. The third-order valence-corrected chi connectivity index (χ3v) is 4.98. The lowest BCUT2D eigenvalue weighted by atomic mass is 9.98. The maximum absolute atomic E-state index is 13.8. The lowest BCUT2D eigenvalue weighted by Gasteiger charge is -2.28. The summed E-state index contributed by atoms with van der Waals surface area (Å²) >= 11 is 1.32. The average Bonchev–Trinajstić information content (AvgIpc) is 3.08. The summed E-state index contributed by atoms with van der Waals surface area (Å²) in [7, 11) is 0.